The fourth-order valence-corrected chi connectivity index (χ4v) is 1.70. The van der Waals surface area contributed by atoms with Crippen molar-refractivity contribution < 1.29 is 18.7 Å². The summed E-state index contributed by atoms with van der Waals surface area (Å²) in [7, 11) is 0. The molecular formula is C12H7BrO4. The number of benzene rings is 1. The average molecular weight is 295 g/mol. The number of esters is 1. The molecule has 17 heavy (non-hydrogen) atoms. The van der Waals surface area contributed by atoms with Crippen LogP contribution in [0.1, 0.15) is 20.9 Å². The van der Waals surface area contributed by atoms with E-state index >= 15 is 0 Å². The predicted octanol–water partition coefficient (Wildman–Crippen LogP) is 3.07. The van der Waals surface area contributed by atoms with Crippen molar-refractivity contribution >= 4 is 28.2 Å². The third-order valence-electron chi connectivity index (χ3n) is 2.02. The van der Waals surface area contributed by atoms with Crippen molar-refractivity contribution in [3.05, 3.63) is 52.4 Å². The second kappa shape index (κ2) is 4.97. The minimum atomic E-state index is -0.588. The van der Waals surface area contributed by atoms with Crippen LogP contribution >= 0.6 is 15.9 Å². The van der Waals surface area contributed by atoms with Gasteiger partial charge in [0.25, 0.3) is 0 Å². The Hall–Kier alpha value is -1.88. The predicted molar refractivity (Wildman–Crippen MR) is 63.2 cm³/mol. The van der Waals surface area contributed by atoms with Crippen molar-refractivity contribution in [2.75, 3.05) is 0 Å². The first-order valence-electron chi connectivity index (χ1n) is 4.71. The molecule has 86 valence electrons. The van der Waals surface area contributed by atoms with Gasteiger partial charge in [0.2, 0.25) is 5.76 Å². The molecule has 4 nitrogen and oxygen atoms in total. The number of hydrogen-bond acceptors (Lipinski definition) is 4. The number of aldehydes is 1. The van der Waals surface area contributed by atoms with Crippen molar-refractivity contribution in [2.24, 2.45) is 0 Å². The first kappa shape index (κ1) is 11.6. The Morgan fingerprint density at radius 2 is 2.18 bits per heavy atom. The zero-order valence-electron chi connectivity index (χ0n) is 8.55. The zero-order chi connectivity index (χ0) is 12.3. The summed E-state index contributed by atoms with van der Waals surface area (Å²) in [5, 5.41) is 0. The number of carbonyl (C=O) groups is 2. The monoisotopic (exact) mass is 294 g/mol. The minimum Gasteiger partial charge on any atom is -0.457 e. The van der Waals surface area contributed by atoms with Gasteiger partial charge in [-0.2, -0.15) is 0 Å². The zero-order valence-corrected chi connectivity index (χ0v) is 10.1. The van der Waals surface area contributed by atoms with Gasteiger partial charge in [-0.15, -0.1) is 0 Å². The highest BCUT2D eigenvalue weighted by atomic mass is 79.9. The molecule has 0 bridgehead atoms. The van der Waals surface area contributed by atoms with E-state index < -0.39 is 5.97 Å². The van der Waals surface area contributed by atoms with Gasteiger partial charge in [0.1, 0.15) is 12.0 Å². The van der Waals surface area contributed by atoms with Crippen LogP contribution in [0.4, 0.5) is 0 Å². The van der Waals surface area contributed by atoms with Gasteiger partial charge >= 0.3 is 5.97 Å². The fourth-order valence-electron chi connectivity index (χ4n) is 1.22. The van der Waals surface area contributed by atoms with E-state index in [0.29, 0.717) is 22.1 Å². The van der Waals surface area contributed by atoms with E-state index in [1.807, 2.05) is 0 Å². The van der Waals surface area contributed by atoms with Crippen LogP contribution in [0, 0.1) is 0 Å². The molecule has 0 N–H and O–H groups in total. The maximum Gasteiger partial charge on any atom is 0.379 e. The van der Waals surface area contributed by atoms with Crippen molar-refractivity contribution in [3.8, 4) is 5.75 Å². The van der Waals surface area contributed by atoms with Crippen molar-refractivity contribution in [1.82, 2.24) is 0 Å². The summed E-state index contributed by atoms with van der Waals surface area (Å²) >= 11 is 3.21. The molecule has 0 atom stereocenters. The van der Waals surface area contributed by atoms with Crippen LogP contribution in [0.25, 0.3) is 0 Å². The topological polar surface area (TPSA) is 56.5 Å². The second-order valence-corrected chi connectivity index (χ2v) is 4.03. The molecule has 0 fully saturated rings. The lowest BCUT2D eigenvalue weighted by Crippen LogP contribution is -2.07. The summed E-state index contributed by atoms with van der Waals surface area (Å²) in [5.41, 5.74) is 0.495. The Morgan fingerprint density at radius 3 is 2.76 bits per heavy atom. The first-order valence-corrected chi connectivity index (χ1v) is 5.50. The summed E-state index contributed by atoms with van der Waals surface area (Å²) in [5.74, 6) is -0.136. The number of rotatable bonds is 3. The summed E-state index contributed by atoms with van der Waals surface area (Å²) in [4.78, 5) is 22.1. The van der Waals surface area contributed by atoms with Gasteiger partial charge in [-0.25, -0.2) is 4.79 Å². The fraction of sp³-hybridized carbons (Fsp3) is 0. The SMILES string of the molecule is O=Cc1ccc(OC(=O)c2ccco2)c(Br)c1. The van der Waals surface area contributed by atoms with Crippen molar-refractivity contribution in [2.45, 2.75) is 0 Å². The van der Waals surface area contributed by atoms with E-state index in [1.54, 1.807) is 18.2 Å². The lowest BCUT2D eigenvalue weighted by atomic mass is 10.2. The van der Waals surface area contributed by atoms with Crippen LogP contribution in [-0.4, -0.2) is 12.3 Å². The van der Waals surface area contributed by atoms with Gasteiger partial charge in [-0.3, -0.25) is 4.79 Å². The van der Waals surface area contributed by atoms with Gasteiger partial charge in [0, 0.05) is 5.56 Å². The van der Waals surface area contributed by atoms with Crippen LogP contribution in [0.3, 0.4) is 0 Å². The molecule has 0 amide bonds. The highest BCUT2D eigenvalue weighted by Gasteiger charge is 2.13. The maximum absolute atomic E-state index is 11.6. The molecule has 1 heterocycles. The first-order chi connectivity index (χ1) is 8.20. The molecule has 0 aliphatic heterocycles. The third kappa shape index (κ3) is 2.62. The number of carbonyl (C=O) groups excluding carboxylic acids is 2. The van der Waals surface area contributed by atoms with E-state index in [0.717, 1.165) is 0 Å². The van der Waals surface area contributed by atoms with Gasteiger partial charge in [0.05, 0.1) is 10.7 Å². The molecule has 2 rings (SSSR count). The van der Waals surface area contributed by atoms with Crippen LogP contribution in [-0.2, 0) is 0 Å². The van der Waals surface area contributed by atoms with Crippen molar-refractivity contribution in [3.63, 3.8) is 0 Å². The molecule has 0 unspecified atom stereocenters. The van der Waals surface area contributed by atoms with Crippen LogP contribution in [0.5, 0.6) is 5.75 Å². The molecule has 0 saturated heterocycles. The molecule has 0 aliphatic carbocycles. The lowest BCUT2D eigenvalue weighted by Gasteiger charge is -2.04. The molecule has 0 aliphatic rings. The molecule has 1 aromatic heterocycles. The Morgan fingerprint density at radius 1 is 1.35 bits per heavy atom. The number of hydrogen-bond donors (Lipinski definition) is 0. The molecule has 5 heteroatoms. The highest BCUT2D eigenvalue weighted by molar-refractivity contribution is 9.10. The quantitative estimate of drug-likeness (QED) is 0.496. The van der Waals surface area contributed by atoms with E-state index in [4.69, 9.17) is 9.15 Å². The summed E-state index contributed by atoms with van der Waals surface area (Å²) < 4.78 is 10.5. The van der Waals surface area contributed by atoms with E-state index in [1.165, 1.54) is 18.4 Å². The number of ether oxygens (including phenoxy) is 1. The van der Waals surface area contributed by atoms with E-state index in [2.05, 4.69) is 15.9 Å². The molecule has 0 radical (unpaired) electrons. The van der Waals surface area contributed by atoms with Gasteiger partial charge < -0.3 is 9.15 Å². The van der Waals surface area contributed by atoms with Gasteiger partial charge in [-0.1, -0.05) is 0 Å². The minimum absolute atomic E-state index is 0.122. The Kier molecular flexibility index (Phi) is 3.39. The van der Waals surface area contributed by atoms with Gasteiger partial charge in [-0.05, 0) is 46.3 Å². The molecular weight excluding hydrogens is 288 g/mol. The molecule has 0 saturated carbocycles. The number of halogens is 1. The standard InChI is InChI=1S/C12H7BrO4/c13-9-6-8(7-14)3-4-10(9)17-12(15)11-2-1-5-16-11/h1-7H. The maximum atomic E-state index is 11.6. The molecule has 1 aromatic carbocycles. The summed E-state index contributed by atoms with van der Waals surface area (Å²) in [6.45, 7) is 0. The number of furan rings is 1. The Labute approximate surface area is 105 Å². The van der Waals surface area contributed by atoms with Crippen LogP contribution in [0.15, 0.2) is 45.5 Å². The largest absolute Gasteiger partial charge is 0.457 e. The summed E-state index contributed by atoms with van der Waals surface area (Å²) in [6.07, 6.45) is 2.10. The highest BCUT2D eigenvalue weighted by Crippen LogP contribution is 2.26. The van der Waals surface area contributed by atoms with E-state index in [-0.39, 0.29) is 5.76 Å². The average Bonchev–Trinajstić information content (AvgIpc) is 2.85. The Balaban J connectivity index is 2.19. The van der Waals surface area contributed by atoms with Crippen LogP contribution in [0.2, 0.25) is 0 Å². The molecule has 2 aromatic rings. The van der Waals surface area contributed by atoms with E-state index in [9.17, 15) is 9.59 Å². The summed E-state index contributed by atoms with van der Waals surface area (Å²) in [6, 6.07) is 7.77. The van der Waals surface area contributed by atoms with Crippen molar-refractivity contribution in [1.29, 1.82) is 0 Å². The normalized spacial score (nSPS) is 9.94. The second-order valence-electron chi connectivity index (χ2n) is 3.17. The lowest BCUT2D eigenvalue weighted by molar-refractivity contribution is 0.0700. The Bertz CT molecular complexity index is 546. The van der Waals surface area contributed by atoms with Crippen LogP contribution < -0.4 is 4.74 Å². The molecule has 0 spiro atoms. The smallest absolute Gasteiger partial charge is 0.379 e. The third-order valence-corrected chi connectivity index (χ3v) is 2.64. The van der Waals surface area contributed by atoms with Gasteiger partial charge in [0.15, 0.2) is 0 Å².